The van der Waals surface area contributed by atoms with Crippen LogP contribution in [0.3, 0.4) is 0 Å². The molecule has 0 saturated heterocycles. The Hall–Kier alpha value is -2.00. The standard InChI is InChI=1S/C15H17ClF3N5S/c1-24(25(2,3)4)13-10(6-5-7-20-13)8-21-12-11(15(17,18)19)9-22-14(16)23-12/h5-7,9H,2-3,8H2,1,4H3,(H,21,22,23). The van der Waals surface area contributed by atoms with Crippen molar-refractivity contribution in [2.75, 3.05) is 22.9 Å². The topological polar surface area (TPSA) is 53.9 Å². The lowest BCUT2D eigenvalue weighted by molar-refractivity contribution is -0.137. The molecule has 10 heteroatoms. The molecule has 1 N–H and O–H groups in total. The molecular formula is C15H17ClF3N5S. The van der Waals surface area contributed by atoms with Crippen LogP contribution in [-0.4, -0.2) is 40.0 Å². The monoisotopic (exact) mass is 391 g/mol. The predicted octanol–water partition coefficient (Wildman–Crippen LogP) is 3.81. The molecule has 2 heterocycles. The summed E-state index contributed by atoms with van der Waals surface area (Å²) in [6.45, 7) is 0.0689. The Morgan fingerprint density at radius 1 is 1.32 bits per heavy atom. The van der Waals surface area contributed by atoms with Crippen molar-refractivity contribution in [3.8, 4) is 0 Å². The number of anilines is 2. The van der Waals surface area contributed by atoms with Gasteiger partial charge in [-0.1, -0.05) is 17.8 Å². The SMILES string of the molecule is C=S(=C)(C)N(C)c1ncccc1CNc1nc(Cl)ncc1C(F)(F)F. The Morgan fingerprint density at radius 2 is 2.00 bits per heavy atom. The molecule has 0 saturated carbocycles. The van der Waals surface area contributed by atoms with Crippen LogP contribution in [0.2, 0.25) is 5.28 Å². The molecule has 0 spiro atoms. The molecular weight excluding hydrogens is 375 g/mol. The second-order valence-electron chi connectivity index (χ2n) is 5.46. The molecule has 5 nitrogen and oxygen atoms in total. The first-order valence-electron chi connectivity index (χ1n) is 6.96. The first-order valence-corrected chi connectivity index (χ1v) is 9.67. The van der Waals surface area contributed by atoms with Crippen LogP contribution in [-0.2, 0) is 12.7 Å². The van der Waals surface area contributed by atoms with E-state index in [0.29, 0.717) is 17.6 Å². The van der Waals surface area contributed by atoms with Crippen molar-refractivity contribution in [1.29, 1.82) is 0 Å². The third kappa shape index (κ3) is 4.76. The van der Waals surface area contributed by atoms with E-state index < -0.39 is 21.1 Å². The number of nitrogens with one attached hydrogen (secondary N) is 1. The van der Waals surface area contributed by atoms with Crippen molar-refractivity contribution >= 4 is 44.4 Å². The summed E-state index contributed by atoms with van der Waals surface area (Å²) in [4.78, 5) is 11.3. The molecule has 25 heavy (non-hydrogen) atoms. The third-order valence-electron chi connectivity index (χ3n) is 3.34. The fraction of sp³-hybridized carbons (Fsp3) is 0.267. The van der Waals surface area contributed by atoms with Gasteiger partial charge in [-0.3, -0.25) is 0 Å². The van der Waals surface area contributed by atoms with E-state index in [0.717, 1.165) is 0 Å². The highest BCUT2D eigenvalue weighted by Crippen LogP contribution is 2.34. The molecule has 0 atom stereocenters. The molecule has 0 aliphatic heterocycles. The zero-order chi connectivity index (χ0) is 18.8. The molecule has 0 aromatic carbocycles. The fourth-order valence-corrected chi connectivity index (χ4v) is 2.66. The molecule has 0 fully saturated rings. The van der Waals surface area contributed by atoms with Crippen LogP contribution < -0.4 is 9.62 Å². The smallest absolute Gasteiger partial charge is 0.365 e. The molecule has 0 aliphatic rings. The number of nitrogens with zero attached hydrogens (tertiary/aromatic N) is 4. The number of hydrogen-bond donors (Lipinski definition) is 1. The zero-order valence-corrected chi connectivity index (χ0v) is 15.2. The number of hydrogen-bond acceptors (Lipinski definition) is 5. The van der Waals surface area contributed by atoms with E-state index in [9.17, 15) is 13.2 Å². The largest absolute Gasteiger partial charge is 0.421 e. The van der Waals surface area contributed by atoms with Crippen LogP contribution in [0.25, 0.3) is 0 Å². The lowest BCUT2D eigenvalue weighted by Crippen LogP contribution is -2.18. The molecule has 0 unspecified atom stereocenters. The van der Waals surface area contributed by atoms with Gasteiger partial charge in [0.1, 0.15) is 17.2 Å². The Kier molecular flexibility index (Phi) is 5.48. The fourth-order valence-electron chi connectivity index (χ4n) is 1.94. The highest BCUT2D eigenvalue weighted by molar-refractivity contribution is 8.28. The van der Waals surface area contributed by atoms with E-state index in [2.05, 4.69) is 32.0 Å². The van der Waals surface area contributed by atoms with Gasteiger partial charge in [-0.15, -0.1) is 9.39 Å². The minimum absolute atomic E-state index is 0.0689. The van der Waals surface area contributed by atoms with Gasteiger partial charge >= 0.3 is 6.18 Å². The Morgan fingerprint density at radius 3 is 2.60 bits per heavy atom. The summed E-state index contributed by atoms with van der Waals surface area (Å²) < 4.78 is 41.0. The molecule has 2 aromatic heterocycles. The van der Waals surface area contributed by atoms with Gasteiger partial charge in [-0.25, -0.2) is 15.0 Å². The van der Waals surface area contributed by atoms with Crippen LogP contribution >= 0.6 is 21.0 Å². The van der Waals surface area contributed by atoms with Crippen LogP contribution in [0.1, 0.15) is 11.1 Å². The van der Waals surface area contributed by atoms with Crippen LogP contribution in [0.4, 0.5) is 24.8 Å². The van der Waals surface area contributed by atoms with Gasteiger partial charge in [-0.05, 0) is 23.9 Å². The Balaban J connectivity index is 2.34. The minimum Gasteiger partial charge on any atom is -0.365 e. The summed E-state index contributed by atoms with van der Waals surface area (Å²) in [7, 11) is 0.212. The normalized spacial score (nSPS) is 12.1. The Bertz CT molecular complexity index is 868. The van der Waals surface area contributed by atoms with Crippen LogP contribution in [0.5, 0.6) is 0 Å². The van der Waals surface area contributed by atoms with E-state index in [-0.39, 0.29) is 17.6 Å². The van der Waals surface area contributed by atoms with Crippen molar-refractivity contribution in [2.24, 2.45) is 0 Å². The van der Waals surface area contributed by atoms with E-state index in [4.69, 9.17) is 11.6 Å². The summed E-state index contributed by atoms with van der Waals surface area (Å²) in [6.07, 6.45) is -0.458. The maximum Gasteiger partial charge on any atom is 0.421 e. The Labute approximate surface area is 149 Å². The molecule has 2 rings (SSSR count). The maximum atomic E-state index is 13.1. The average Bonchev–Trinajstić information content (AvgIpc) is 2.50. The first-order chi connectivity index (χ1) is 11.5. The molecule has 0 aliphatic carbocycles. The second kappa shape index (κ2) is 7.09. The highest BCUT2D eigenvalue weighted by Gasteiger charge is 2.35. The van der Waals surface area contributed by atoms with Gasteiger partial charge in [0.15, 0.2) is 0 Å². The van der Waals surface area contributed by atoms with E-state index in [1.807, 2.05) is 10.6 Å². The van der Waals surface area contributed by atoms with Crippen molar-refractivity contribution < 1.29 is 13.2 Å². The van der Waals surface area contributed by atoms with Crippen molar-refractivity contribution in [3.05, 3.63) is 40.9 Å². The van der Waals surface area contributed by atoms with Crippen molar-refractivity contribution in [2.45, 2.75) is 12.7 Å². The molecule has 136 valence electrons. The lowest BCUT2D eigenvalue weighted by atomic mass is 10.2. The lowest BCUT2D eigenvalue weighted by Gasteiger charge is -2.26. The summed E-state index contributed by atoms with van der Waals surface area (Å²) in [5.41, 5.74) is -0.306. The van der Waals surface area contributed by atoms with Crippen molar-refractivity contribution in [3.63, 3.8) is 0 Å². The highest BCUT2D eigenvalue weighted by atomic mass is 35.5. The van der Waals surface area contributed by atoms with Gasteiger partial charge in [0.2, 0.25) is 5.28 Å². The van der Waals surface area contributed by atoms with Gasteiger partial charge in [-0.2, -0.15) is 13.2 Å². The predicted molar refractivity (Wildman–Crippen MR) is 99.8 cm³/mol. The maximum absolute atomic E-state index is 13.1. The van der Waals surface area contributed by atoms with Gasteiger partial charge in [0.05, 0.1) is 0 Å². The van der Waals surface area contributed by atoms with E-state index in [1.165, 1.54) is 0 Å². The number of halogens is 4. The number of alkyl halides is 3. The molecule has 0 bridgehead atoms. The summed E-state index contributed by atoms with van der Waals surface area (Å²) in [5, 5.41) is 2.40. The summed E-state index contributed by atoms with van der Waals surface area (Å²) in [6, 6.07) is 3.46. The summed E-state index contributed by atoms with van der Waals surface area (Å²) in [5.74, 6) is 8.23. The molecule has 0 radical (unpaired) electrons. The number of aromatic nitrogens is 3. The second-order valence-corrected chi connectivity index (χ2v) is 8.79. The molecule has 2 aromatic rings. The van der Waals surface area contributed by atoms with Crippen LogP contribution in [0.15, 0.2) is 24.5 Å². The molecule has 0 amide bonds. The zero-order valence-electron chi connectivity index (χ0n) is 13.6. The van der Waals surface area contributed by atoms with Crippen LogP contribution in [0, 0.1) is 0 Å². The quantitative estimate of drug-likeness (QED) is 0.620. The van der Waals surface area contributed by atoms with E-state index >= 15 is 0 Å². The third-order valence-corrected chi connectivity index (χ3v) is 5.02. The van der Waals surface area contributed by atoms with E-state index in [1.54, 1.807) is 25.4 Å². The number of rotatable bonds is 5. The van der Waals surface area contributed by atoms with Gasteiger partial charge in [0, 0.05) is 31.5 Å². The van der Waals surface area contributed by atoms with Gasteiger partial charge in [0.25, 0.3) is 0 Å². The van der Waals surface area contributed by atoms with Crippen molar-refractivity contribution in [1.82, 2.24) is 15.0 Å². The first kappa shape index (κ1) is 19.3. The average molecular weight is 392 g/mol. The summed E-state index contributed by atoms with van der Waals surface area (Å²) >= 11 is 5.63. The van der Waals surface area contributed by atoms with Gasteiger partial charge < -0.3 is 9.62 Å². The minimum atomic E-state index is -4.59. The number of pyridine rings is 1.